The van der Waals surface area contributed by atoms with Gasteiger partial charge in [0.2, 0.25) is 17.6 Å². The average Bonchev–Trinajstić information content (AvgIpc) is 3.48. The second-order valence-corrected chi connectivity index (χ2v) is 7.81. The van der Waals surface area contributed by atoms with Crippen LogP contribution in [0.25, 0.3) is 11.5 Å². The minimum atomic E-state index is -0.921. The molecule has 0 aliphatic carbocycles. The number of hydrogen-bond donors (Lipinski definition) is 2. The van der Waals surface area contributed by atoms with Crippen LogP contribution in [-0.4, -0.2) is 56.9 Å². The van der Waals surface area contributed by atoms with Crippen LogP contribution in [-0.2, 0) is 11.2 Å². The molecule has 11 nitrogen and oxygen atoms in total. The summed E-state index contributed by atoms with van der Waals surface area (Å²) >= 11 is 0. The highest BCUT2D eigenvalue weighted by Gasteiger charge is 2.32. The maximum Gasteiger partial charge on any atom is 0.291 e. The van der Waals surface area contributed by atoms with Crippen molar-refractivity contribution >= 4 is 17.5 Å². The number of benzene rings is 2. The van der Waals surface area contributed by atoms with Crippen molar-refractivity contribution in [3.63, 3.8) is 0 Å². The zero-order valence-electron chi connectivity index (χ0n) is 18.5. The molecule has 3 heterocycles. The summed E-state index contributed by atoms with van der Waals surface area (Å²) in [6.45, 7) is 1.64. The highest BCUT2D eigenvalue weighted by molar-refractivity contribution is 6.02. The predicted molar refractivity (Wildman–Crippen MR) is 120 cm³/mol. The number of H-pyrrole nitrogens is 1. The third-order valence-electron chi connectivity index (χ3n) is 5.38. The van der Waals surface area contributed by atoms with Crippen molar-refractivity contribution in [2.45, 2.75) is 19.4 Å². The molecule has 2 aromatic carbocycles. The molecular formula is C23H21N7O4. The Bertz CT molecular complexity index is 1350. The van der Waals surface area contributed by atoms with Crippen LogP contribution >= 0.6 is 0 Å². The van der Waals surface area contributed by atoms with Crippen molar-refractivity contribution in [2.75, 3.05) is 18.6 Å². The van der Waals surface area contributed by atoms with Crippen LogP contribution in [0.15, 0.2) is 52.9 Å². The third kappa shape index (κ3) is 4.22. The number of fused-ring (bicyclic) bond motifs is 1. The lowest BCUT2D eigenvalue weighted by molar-refractivity contribution is -0.120. The minimum absolute atomic E-state index is 0.0443. The molecule has 1 atom stereocenters. The highest BCUT2D eigenvalue weighted by Crippen LogP contribution is 2.34. The van der Waals surface area contributed by atoms with Crippen LogP contribution in [0.4, 0.5) is 5.69 Å². The van der Waals surface area contributed by atoms with E-state index in [0.717, 1.165) is 5.56 Å². The molecule has 5 rings (SSSR count). The zero-order valence-corrected chi connectivity index (χ0v) is 18.5. The lowest BCUT2D eigenvalue weighted by Crippen LogP contribution is -2.49. The van der Waals surface area contributed by atoms with E-state index in [0.29, 0.717) is 41.0 Å². The van der Waals surface area contributed by atoms with E-state index in [1.807, 2.05) is 30.3 Å². The Labute approximate surface area is 194 Å². The smallest absolute Gasteiger partial charge is 0.291 e. The van der Waals surface area contributed by atoms with Crippen molar-refractivity contribution in [3.8, 4) is 17.2 Å². The minimum Gasteiger partial charge on any atom is -0.489 e. The first-order valence-corrected chi connectivity index (χ1v) is 10.6. The van der Waals surface area contributed by atoms with Crippen molar-refractivity contribution in [1.82, 2.24) is 30.7 Å². The van der Waals surface area contributed by atoms with E-state index < -0.39 is 11.9 Å². The van der Waals surface area contributed by atoms with Crippen LogP contribution in [0.1, 0.15) is 27.9 Å². The molecule has 1 aliphatic rings. The van der Waals surface area contributed by atoms with E-state index in [1.54, 1.807) is 32.2 Å². The number of nitrogens with one attached hydrogen (secondary N) is 2. The number of anilines is 1. The van der Waals surface area contributed by atoms with E-state index in [1.165, 1.54) is 4.90 Å². The number of rotatable bonds is 5. The van der Waals surface area contributed by atoms with Gasteiger partial charge in [0.1, 0.15) is 24.2 Å². The lowest BCUT2D eigenvalue weighted by atomic mass is 10.1. The highest BCUT2D eigenvalue weighted by atomic mass is 16.5. The summed E-state index contributed by atoms with van der Waals surface area (Å²) in [6.07, 6.45) is 0.506. The normalized spacial score (nSPS) is 15.4. The molecule has 0 fully saturated rings. The van der Waals surface area contributed by atoms with E-state index in [4.69, 9.17) is 9.15 Å². The Balaban J connectivity index is 1.29. The molecule has 2 amide bonds. The van der Waals surface area contributed by atoms with Crippen molar-refractivity contribution in [2.24, 2.45) is 0 Å². The van der Waals surface area contributed by atoms with Gasteiger partial charge in [-0.15, -0.1) is 15.3 Å². The second-order valence-electron chi connectivity index (χ2n) is 7.81. The Kier molecular flexibility index (Phi) is 5.50. The van der Waals surface area contributed by atoms with Gasteiger partial charge in [-0.3, -0.25) is 14.7 Å². The number of ether oxygens (including phenoxy) is 1. The molecule has 2 N–H and O–H groups in total. The summed E-state index contributed by atoms with van der Waals surface area (Å²) in [5.41, 5.74) is 2.26. The van der Waals surface area contributed by atoms with Gasteiger partial charge in [0.25, 0.3) is 11.8 Å². The van der Waals surface area contributed by atoms with Gasteiger partial charge < -0.3 is 19.4 Å². The molecule has 0 saturated carbocycles. The molecule has 2 aromatic heterocycles. The summed E-state index contributed by atoms with van der Waals surface area (Å²) in [5, 5.41) is 17.3. The third-order valence-corrected chi connectivity index (χ3v) is 5.38. The number of carbonyl (C=O) groups is 2. The quantitative estimate of drug-likeness (QED) is 0.461. The van der Waals surface area contributed by atoms with Gasteiger partial charge in [0.05, 0.1) is 5.69 Å². The Hall–Kier alpha value is -4.54. The van der Waals surface area contributed by atoms with Gasteiger partial charge >= 0.3 is 0 Å². The number of carbonyl (C=O) groups excluding carboxylic acids is 2. The predicted octanol–water partition coefficient (Wildman–Crippen LogP) is 1.91. The standard InChI is InChI=1S/C23H21N7O4/c1-13-26-29-22(34-13)15-8-9-17-18(11-15)33-12-16(23(32)30(17)2)24-21(31)20-25-19(27-28-20)10-14-6-4-3-5-7-14/h3-9,11,16H,10,12H2,1-2H3,(H,24,31)(H,25,27,28)/t16-/m1/s1. The molecule has 0 saturated heterocycles. The number of amides is 2. The van der Waals surface area contributed by atoms with Crippen LogP contribution < -0.4 is 15.0 Å². The van der Waals surface area contributed by atoms with Gasteiger partial charge in [-0.1, -0.05) is 30.3 Å². The molecule has 11 heteroatoms. The van der Waals surface area contributed by atoms with Crippen LogP contribution in [0.3, 0.4) is 0 Å². The maximum atomic E-state index is 13.0. The first kappa shape index (κ1) is 21.3. The Morgan fingerprint density at radius 1 is 1.21 bits per heavy atom. The summed E-state index contributed by atoms with van der Waals surface area (Å²) < 4.78 is 11.3. The van der Waals surface area contributed by atoms with Gasteiger partial charge in [0.15, 0.2) is 0 Å². The van der Waals surface area contributed by atoms with E-state index in [2.05, 4.69) is 30.7 Å². The van der Waals surface area contributed by atoms with Crippen LogP contribution in [0.2, 0.25) is 0 Å². The summed E-state index contributed by atoms with van der Waals surface area (Å²) in [6, 6.07) is 14.0. The first-order valence-electron chi connectivity index (χ1n) is 10.6. The number of aryl methyl sites for hydroxylation is 1. The van der Waals surface area contributed by atoms with Gasteiger partial charge in [0, 0.05) is 26.0 Å². The fraction of sp³-hybridized carbons (Fsp3) is 0.217. The number of aromatic amines is 1. The molecule has 1 aliphatic heterocycles. The lowest BCUT2D eigenvalue weighted by Gasteiger charge is -2.20. The summed E-state index contributed by atoms with van der Waals surface area (Å²) in [4.78, 5) is 31.5. The maximum absolute atomic E-state index is 13.0. The molecule has 0 unspecified atom stereocenters. The fourth-order valence-corrected chi connectivity index (χ4v) is 3.64. The summed E-state index contributed by atoms with van der Waals surface area (Å²) in [5.74, 6) is 0.865. The van der Waals surface area contributed by atoms with Gasteiger partial charge in [-0.05, 0) is 23.8 Å². The van der Waals surface area contributed by atoms with Crippen LogP contribution in [0, 0.1) is 6.92 Å². The zero-order chi connectivity index (χ0) is 23.7. The second kappa shape index (κ2) is 8.77. The number of nitrogens with zero attached hydrogens (tertiary/aromatic N) is 5. The van der Waals surface area contributed by atoms with Crippen LogP contribution in [0.5, 0.6) is 5.75 Å². The van der Waals surface area contributed by atoms with Gasteiger partial charge in [-0.25, -0.2) is 4.98 Å². The Morgan fingerprint density at radius 2 is 2.03 bits per heavy atom. The largest absolute Gasteiger partial charge is 0.489 e. The molecule has 0 spiro atoms. The van der Waals surface area contributed by atoms with E-state index in [9.17, 15) is 9.59 Å². The Morgan fingerprint density at radius 3 is 2.79 bits per heavy atom. The molecule has 4 aromatic rings. The average molecular weight is 459 g/mol. The monoisotopic (exact) mass is 459 g/mol. The van der Waals surface area contributed by atoms with Crippen molar-refractivity contribution < 1.29 is 18.7 Å². The molecule has 34 heavy (non-hydrogen) atoms. The SMILES string of the molecule is Cc1nnc(-c2ccc3c(c2)OC[C@@H](NC(=O)c2n[nH]c(Cc4ccccc4)n2)C(=O)N3C)o1. The number of likely N-dealkylation sites (N-methyl/N-ethyl adjacent to an activating group) is 1. The molecule has 172 valence electrons. The molecule has 0 bridgehead atoms. The van der Waals surface area contributed by atoms with E-state index in [-0.39, 0.29) is 18.3 Å². The van der Waals surface area contributed by atoms with Crippen molar-refractivity contribution in [3.05, 3.63) is 71.6 Å². The fourth-order valence-electron chi connectivity index (χ4n) is 3.64. The van der Waals surface area contributed by atoms with E-state index >= 15 is 0 Å². The molecular weight excluding hydrogens is 438 g/mol. The summed E-state index contributed by atoms with van der Waals surface area (Å²) in [7, 11) is 1.62. The van der Waals surface area contributed by atoms with Crippen molar-refractivity contribution in [1.29, 1.82) is 0 Å². The molecule has 0 radical (unpaired) electrons. The topological polar surface area (TPSA) is 139 Å². The number of aromatic nitrogens is 5. The first-order chi connectivity index (χ1) is 16.5. The van der Waals surface area contributed by atoms with Gasteiger partial charge in [-0.2, -0.15) is 0 Å². The number of hydrogen-bond acceptors (Lipinski definition) is 8.